The minimum absolute atomic E-state index is 0.0648. The summed E-state index contributed by atoms with van der Waals surface area (Å²) in [7, 11) is 0. The predicted molar refractivity (Wildman–Crippen MR) is 110 cm³/mol. The number of benzene rings is 1. The number of carbonyl (C=O) groups excluding carboxylic acids is 1. The first-order valence-corrected chi connectivity index (χ1v) is 9.65. The average Bonchev–Trinajstić information content (AvgIpc) is 3.17. The van der Waals surface area contributed by atoms with Crippen LogP contribution in [0.4, 0.5) is 5.69 Å². The van der Waals surface area contributed by atoms with E-state index in [4.69, 9.17) is 9.26 Å². The number of rotatable bonds is 8. The maximum Gasteiger partial charge on any atom is 0.226 e. The van der Waals surface area contributed by atoms with Crippen LogP contribution >= 0.6 is 0 Å². The van der Waals surface area contributed by atoms with E-state index >= 15 is 0 Å². The summed E-state index contributed by atoms with van der Waals surface area (Å²) >= 11 is 0. The molecule has 0 atom stereocenters. The zero-order valence-electron chi connectivity index (χ0n) is 17.0. The fourth-order valence-electron chi connectivity index (χ4n) is 2.60. The van der Waals surface area contributed by atoms with Crippen molar-refractivity contribution in [1.82, 2.24) is 15.1 Å². The Labute approximate surface area is 170 Å². The molecular weight excluding hydrogens is 368 g/mol. The number of amides is 1. The number of aryl methyl sites for hydroxylation is 1. The van der Waals surface area contributed by atoms with E-state index in [0.29, 0.717) is 49.0 Å². The smallest absolute Gasteiger partial charge is 0.226 e. The molecule has 0 saturated heterocycles. The molecule has 0 fully saturated rings. The Morgan fingerprint density at radius 2 is 2.07 bits per heavy atom. The molecule has 29 heavy (non-hydrogen) atoms. The Kier molecular flexibility index (Phi) is 6.59. The topological polar surface area (TPSA) is 90.1 Å². The van der Waals surface area contributed by atoms with Gasteiger partial charge in [0.05, 0.1) is 0 Å². The third-order valence-electron chi connectivity index (χ3n) is 4.18. The van der Waals surface area contributed by atoms with Gasteiger partial charge in [0.2, 0.25) is 11.8 Å². The molecule has 1 amide bonds. The summed E-state index contributed by atoms with van der Waals surface area (Å²) in [5.74, 6) is 1.87. The Balaban J connectivity index is 1.45. The zero-order chi connectivity index (χ0) is 20.7. The van der Waals surface area contributed by atoms with Crippen molar-refractivity contribution in [3.63, 3.8) is 0 Å². The molecule has 0 spiro atoms. The summed E-state index contributed by atoms with van der Waals surface area (Å²) in [6.07, 6.45) is 5.06. The van der Waals surface area contributed by atoms with Crippen molar-refractivity contribution in [3.8, 4) is 5.75 Å². The molecular formula is C22H26N4O3. The van der Waals surface area contributed by atoms with Gasteiger partial charge in [0.15, 0.2) is 5.82 Å². The minimum Gasteiger partial charge on any atom is -0.489 e. The summed E-state index contributed by atoms with van der Waals surface area (Å²) in [5.41, 5.74) is 1.53. The van der Waals surface area contributed by atoms with Gasteiger partial charge in [-0.05, 0) is 24.6 Å². The molecule has 3 aromatic rings. The highest BCUT2D eigenvalue weighted by Gasteiger charge is 2.20. The Bertz CT molecular complexity index is 932. The maximum absolute atomic E-state index is 12.2. The minimum atomic E-state index is -0.150. The lowest BCUT2D eigenvalue weighted by molar-refractivity contribution is -0.116. The third-order valence-corrected chi connectivity index (χ3v) is 4.18. The normalized spacial score (nSPS) is 11.3. The number of pyridine rings is 1. The van der Waals surface area contributed by atoms with E-state index in [-0.39, 0.29) is 11.3 Å². The van der Waals surface area contributed by atoms with Crippen LogP contribution < -0.4 is 10.1 Å². The Hall–Kier alpha value is -3.22. The van der Waals surface area contributed by atoms with E-state index in [0.717, 1.165) is 5.56 Å². The molecule has 2 aromatic heterocycles. The molecule has 7 heteroatoms. The number of aromatic nitrogens is 3. The van der Waals surface area contributed by atoms with Crippen LogP contribution in [0.25, 0.3) is 0 Å². The van der Waals surface area contributed by atoms with Crippen molar-refractivity contribution in [2.75, 3.05) is 5.32 Å². The molecule has 1 N–H and O–H groups in total. The van der Waals surface area contributed by atoms with E-state index in [1.807, 2.05) is 57.2 Å². The second-order valence-corrected chi connectivity index (χ2v) is 7.84. The summed E-state index contributed by atoms with van der Waals surface area (Å²) in [4.78, 5) is 20.7. The second kappa shape index (κ2) is 9.32. The van der Waals surface area contributed by atoms with Crippen molar-refractivity contribution in [2.24, 2.45) is 0 Å². The second-order valence-electron chi connectivity index (χ2n) is 7.84. The van der Waals surface area contributed by atoms with E-state index in [1.54, 1.807) is 12.4 Å². The standard InChI is InChI=1S/C22H26N4O3/c1-22(2,3)21-25-20(29-26-21)11-5-10-19(27)24-17-8-4-9-18(13-17)28-15-16-7-6-12-23-14-16/h4,6-9,12-14H,5,10-11,15H2,1-3H3,(H,24,27). The number of carbonyl (C=O) groups is 1. The van der Waals surface area contributed by atoms with Crippen molar-refractivity contribution < 1.29 is 14.1 Å². The highest BCUT2D eigenvalue weighted by atomic mass is 16.5. The molecule has 2 heterocycles. The Morgan fingerprint density at radius 3 is 2.79 bits per heavy atom. The van der Waals surface area contributed by atoms with Gasteiger partial charge in [0.25, 0.3) is 0 Å². The lowest BCUT2D eigenvalue weighted by Gasteiger charge is -2.10. The van der Waals surface area contributed by atoms with Gasteiger partial charge < -0.3 is 14.6 Å². The molecule has 0 unspecified atom stereocenters. The van der Waals surface area contributed by atoms with Crippen LogP contribution in [0.2, 0.25) is 0 Å². The molecule has 7 nitrogen and oxygen atoms in total. The predicted octanol–water partition coefficient (Wildman–Crippen LogP) is 4.30. The molecule has 0 bridgehead atoms. The summed E-state index contributed by atoms with van der Waals surface area (Å²) in [6.45, 7) is 6.52. The average molecular weight is 394 g/mol. The highest BCUT2D eigenvalue weighted by molar-refractivity contribution is 5.90. The van der Waals surface area contributed by atoms with Gasteiger partial charge in [0, 0.05) is 48.0 Å². The number of nitrogens with zero attached hydrogens (tertiary/aromatic N) is 3. The van der Waals surface area contributed by atoms with Crippen molar-refractivity contribution in [2.45, 2.75) is 52.1 Å². The van der Waals surface area contributed by atoms with Crippen molar-refractivity contribution in [1.29, 1.82) is 0 Å². The van der Waals surface area contributed by atoms with Gasteiger partial charge in [-0.1, -0.05) is 38.1 Å². The molecule has 0 aliphatic heterocycles. The monoisotopic (exact) mass is 394 g/mol. The first kappa shape index (κ1) is 20.5. The van der Waals surface area contributed by atoms with Gasteiger partial charge in [-0.15, -0.1) is 0 Å². The SMILES string of the molecule is CC(C)(C)c1noc(CCCC(=O)Nc2cccc(OCc3cccnc3)c2)n1. The van der Waals surface area contributed by atoms with Crippen LogP contribution in [0.5, 0.6) is 5.75 Å². The van der Waals surface area contributed by atoms with E-state index < -0.39 is 0 Å². The molecule has 0 radical (unpaired) electrons. The van der Waals surface area contributed by atoms with E-state index in [2.05, 4.69) is 20.4 Å². The fourth-order valence-corrected chi connectivity index (χ4v) is 2.60. The van der Waals surface area contributed by atoms with Crippen LogP contribution in [-0.2, 0) is 23.2 Å². The molecule has 1 aromatic carbocycles. The quantitative estimate of drug-likeness (QED) is 0.612. The highest BCUT2D eigenvalue weighted by Crippen LogP contribution is 2.20. The van der Waals surface area contributed by atoms with Crippen molar-refractivity contribution in [3.05, 3.63) is 66.1 Å². The molecule has 152 valence electrons. The van der Waals surface area contributed by atoms with Gasteiger partial charge in [0.1, 0.15) is 12.4 Å². The summed E-state index contributed by atoms with van der Waals surface area (Å²) in [5, 5.41) is 6.90. The van der Waals surface area contributed by atoms with Crippen molar-refractivity contribution >= 4 is 11.6 Å². The van der Waals surface area contributed by atoms with E-state index in [1.165, 1.54) is 0 Å². The fraction of sp³-hybridized carbons (Fsp3) is 0.364. The van der Waals surface area contributed by atoms with Crippen LogP contribution in [0.15, 0.2) is 53.3 Å². The molecule has 0 aliphatic carbocycles. The van der Waals surface area contributed by atoms with Crippen LogP contribution in [0.3, 0.4) is 0 Å². The largest absolute Gasteiger partial charge is 0.489 e. The lowest BCUT2D eigenvalue weighted by atomic mass is 9.96. The van der Waals surface area contributed by atoms with Gasteiger partial charge >= 0.3 is 0 Å². The van der Waals surface area contributed by atoms with Gasteiger partial charge in [-0.25, -0.2) is 0 Å². The molecule has 3 rings (SSSR count). The van der Waals surface area contributed by atoms with Crippen LogP contribution in [0.1, 0.15) is 50.9 Å². The lowest BCUT2D eigenvalue weighted by Crippen LogP contribution is -2.13. The van der Waals surface area contributed by atoms with Gasteiger partial charge in [-0.3, -0.25) is 9.78 Å². The first-order valence-electron chi connectivity index (χ1n) is 9.65. The number of hydrogen-bond donors (Lipinski definition) is 1. The first-order chi connectivity index (χ1) is 13.9. The number of anilines is 1. The third kappa shape index (κ3) is 6.41. The summed E-state index contributed by atoms with van der Waals surface area (Å²) < 4.78 is 11.0. The zero-order valence-corrected chi connectivity index (χ0v) is 17.0. The maximum atomic E-state index is 12.2. The van der Waals surface area contributed by atoms with Crippen LogP contribution in [0, 0.1) is 0 Å². The van der Waals surface area contributed by atoms with Gasteiger partial charge in [-0.2, -0.15) is 4.98 Å². The molecule has 0 aliphatic rings. The number of ether oxygens (including phenoxy) is 1. The summed E-state index contributed by atoms with van der Waals surface area (Å²) in [6, 6.07) is 11.2. The Morgan fingerprint density at radius 1 is 1.21 bits per heavy atom. The number of hydrogen-bond acceptors (Lipinski definition) is 6. The van der Waals surface area contributed by atoms with E-state index in [9.17, 15) is 4.79 Å². The molecule has 0 saturated carbocycles. The number of nitrogens with one attached hydrogen (secondary N) is 1. The van der Waals surface area contributed by atoms with Crippen LogP contribution in [-0.4, -0.2) is 21.0 Å².